The summed E-state index contributed by atoms with van der Waals surface area (Å²) in [4.78, 5) is 0. The molecule has 0 aromatic heterocycles. The Morgan fingerprint density at radius 1 is 1.08 bits per heavy atom. The zero-order chi connectivity index (χ0) is 8.84. The number of fused-ring (bicyclic) bond motifs is 5. The molecule has 3 fully saturated rings. The van der Waals surface area contributed by atoms with Crippen molar-refractivity contribution in [3.63, 3.8) is 0 Å². The largest absolute Gasteiger partial charge is 0.384 e. The quantitative estimate of drug-likeness (QED) is 0.635. The van der Waals surface area contributed by atoms with Crippen LogP contribution in [0.3, 0.4) is 0 Å². The molecule has 13 heavy (non-hydrogen) atoms. The second-order valence-corrected chi connectivity index (χ2v) is 5.37. The summed E-state index contributed by atoms with van der Waals surface area (Å²) in [5.41, 5.74) is 0. The summed E-state index contributed by atoms with van der Waals surface area (Å²) in [5, 5.41) is 0. The Morgan fingerprint density at radius 2 is 1.92 bits per heavy atom. The summed E-state index contributed by atoms with van der Waals surface area (Å²) < 4.78 is 5.33. The molecule has 0 amide bonds. The molecule has 2 bridgehead atoms. The van der Waals surface area contributed by atoms with Crippen molar-refractivity contribution in [2.75, 3.05) is 13.7 Å². The number of hydrogen-bond acceptors (Lipinski definition) is 1. The smallest absolute Gasteiger partial charge is 0.0493 e. The van der Waals surface area contributed by atoms with Crippen LogP contribution in [0.25, 0.3) is 0 Å². The number of rotatable bonds is 2. The van der Waals surface area contributed by atoms with Crippen LogP contribution in [0.2, 0.25) is 0 Å². The molecule has 0 heterocycles. The third-order valence-corrected chi connectivity index (χ3v) is 4.95. The highest BCUT2D eigenvalue weighted by molar-refractivity contribution is 5.02. The monoisotopic (exact) mass is 180 g/mol. The van der Waals surface area contributed by atoms with Crippen molar-refractivity contribution in [1.82, 2.24) is 0 Å². The molecule has 3 saturated carbocycles. The minimum atomic E-state index is 0.925. The molecule has 3 rings (SSSR count). The van der Waals surface area contributed by atoms with Crippen LogP contribution >= 0.6 is 0 Å². The van der Waals surface area contributed by atoms with Gasteiger partial charge in [0.2, 0.25) is 0 Å². The highest BCUT2D eigenvalue weighted by atomic mass is 16.5. The maximum absolute atomic E-state index is 5.33. The Balaban J connectivity index is 1.74. The zero-order valence-electron chi connectivity index (χ0n) is 8.54. The number of methoxy groups -OCH3 is 1. The van der Waals surface area contributed by atoms with E-state index in [0.717, 1.165) is 36.2 Å². The summed E-state index contributed by atoms with van der Waals surface area (Å²) >= 11 is 0. The number of ether oxygens (including phenoxy) is 1. The molecule has 5 unspecified atom stereocenters. The van der Waals surface area contributed by atoms with Crippen molar-refractivity contribution in [3.05, 3.63) is 0 Å². The van der Waals surface area contributed by atoms with Gasteiger partial charge in [0.25, 0.3) is 0 Å². The van der Waals surface area contributed by atoms with E-state index in [4.69, 9.17) is 4.74 Å². The Bertz CT molecular complexity index is 201. The molecular weight excluding hydrogens is 160 g/mol. The van der Waals surface area contributed by atoms with Gasteiger partial charge in [0.05, 0.1) is 0 Å². The van der Waals surface area contributed by atoms with E-state index in [1.165, 1.54) is 19.3 Å². The average Bonchev–Trinajstić information content (AvgIpc) is 2.72. The molecule has 1 heteroatoms. The van der Waals surface area contributed by atoms with Gasteiger partial charge < -0.3 is 4.74 Å². The first-order valence-electron chi connectivity index (χ1n) is 5.89. The summed E-state index contributed by atoms with van der Waals surface area (Å²) in [6.07, 6.45) is 7.63. The molecule has 0 radical (unpaired) electrons. The van der Waals surface area contributed by atoms with Crippen LogP contribution in [0.5, 0.6) is 0 Å². The Hall–Kier alpha value is -0.0400. The zero-order valence-corrected chi connectivity index (χ0v) is 8.54. The molecule has 0 aromatic carbocycles. The lowest BCUT2D eigenvalue weighted by atomic mass is 9.76. The van der Waals surface area contributed by atoms with Gasteiger partial charge in [-0.05, 0) is 55.3 Å². The molecule has 0 aliphatic heterocycles. The highest BCUT2D eigenvalue weighted by Gasteiger charge is 2.53. The van der Waals surface area contributed by atoms with Crippen molar-refractivity contribution in [2.45, 2.75) is 32.1 Å². The Kier molecular flexibility index (Phi) is 1.90. The van der Waals surface area contributed by atoms with Gasteiger partial charge in [0.15, 0.2) is 0 Å². The SMILES string of the molecule is COCC1CC2CC1C1CCCC21. The molecule has 3 aliphatic rings. The summed E-state index contributed by atoms with van der Waals surface area (Å²) in [7, 11) is 1.86. The second-order valence-electron chi connectivity index (χ2n) is 5.37. The molecule has 0 spiro atoms. The fraction of sp³-hybridized carbons (Fsp3) is 1.00. The van der Waals surface area contributed by atoms with Crippen LogP contribution in [0, 0.1) is 29.6 Å². The van der Waals surface area contributed by atoms with Crippen LogP contribution in [-0.4, -0.2) is 13.7 Å². The van der Waals surface area contributed by atoms with Gasteiger partial charge >= 0.3 is 0 Å². The lowest BCUT2D eigenvalue weighted by molar-refractivity contribution is 0.0877. The minimum absolute atomic E-state index is 0.925. The molecule has 1 nitrogen and oxygen atoms in total. The molecule has 5 atom stereocenters. The topological polar surface area (TPSA) is 9.23 Å². The van der Waals surface area contributed by atoms with E-state index < -0.39 is 0 Å². The van der Waals surface area contributed by atoms with E-state index in [1.54, 1.807) is 12.8 Å². The fourth-order valence-corrected chi connectivity index (χ4v) is 4.62. The molecule has 0 N–H and O–H groups in total. The molecular formula is C12H20O. The summed E-state index contributed by atoms with van der Waals surface area (Å²) in [5.74, 6) is 5.32. The first-order chi connectivity index (χ1) is 6.40. The van der Waals surface area contributed by atoms with Gasteiger partial charge in [-0.15, -0.1) is 0 Å². The maximum Gasteiger partial charge on any atom is 0.0493 e. The van der Waals surface area contributed by atoms with Crippen LogP contribution < -0.4 is 0 Å². The normalized spacial score (nSPS) is 52.8. The average molecular weight is 180 g/mol. The molecule has 3 aliphatic carbocycles. The van der Waals surface area contributed by atoms with Gasteiger partial charge in [-0.1, -0.05) is 6.42 Å². The van der Waals surface area contributed by atoms with Crippen molar-refractivity contribution < 1.29 is 4.74 Å². The predicted octanol–water partition coefficient (Wildman–Crippen LogP) is 2.71. The van der Waals surface area contributed by atoms with Gasteiger partial charge in [0.1, 0.15) is 0 Å². The van der Waals surface area contributed by atoms with Crippen molar-refractivity contribution in [3.8, 4) is 0 Å². The first kappa shape index (κ1) is 8.28. The molecule has 0 saturated heterocycles. The fourth-order valence-electron chi connectivity index (χ4n) is 4.62. The number of hydrogen-bond donors (Lipinski definition) is 0. The van der Waals surface area contributed by atoms with E-state index in [-0.39, 0.29) is 0 Å². The van der Waals surface area contributed by atoms with Crippen molar-refractivity contribution in [2.24, 2.45) is 29.6 Å². The van der Waals surface area contributed by atoms with E-state index in [9.17, 15) is 0 Å². The maximum atomic E-state index is 5.33. The van der Waals surface area contributed by atoms with E-state index in [1.807, 2.05) is 7.11 Å². The molecule has 0 aromatic rings. The predicted molar refractivity (Wildman–Crippen MR) is 52.4 cm³/mol. The van der Waals surface area contributed by atoms with Crippen molar-refractivity contribution in [1.29, 1.82) is 0 Å². The summed E-state index contributed by atoms with van der Waals surface area (Å²) in [6.45, 7) is 1.03. The van der Waals surface area contributed by atoms with Gasteiger partial charge in [0, 0.05) is 13.7 Å². The van der Waals surface area contributed by atoms with E-state index in [2.05, 4.69) is 0 Å². The van der Waals surface area contributed by atoms with Gasteiger partial charge in [-0.3, -0.25) is 0 Å². The van der Waals surface area contributed by atoms with Crippen LogP contribution in [0.1, 0.15) is 32.1 Å². The Labute approximate surface area is 80.8 Å². The van der Waals surface area contributed by atoms with Crippen LogP contribution in [-0.2, 0) is 4.74 Å². The van der Waals surface area contributed by atoms with Crippen LogP contribution in [0.4, 0.5) is 0 Å². The van der Waals surface area contributed by atoms with Gasteiger partial charge in [-0.25, -0.2) is 0 Å². The first-order valence-corrected chi connectivity index (χ1v) is 5.89. The van der Waals surface area contributed by atoms with E-state index >= 15 is 0 Å². The van der Waals surface area contributed by atoms with Crippen LogP contribution in [0.15, 0.2) is 0 Å². The second kappa shape index (κ2) is 2.98. The third kappa shape index (κ3) is 1.09. The molecule has 74 valence electrons. The summed E-state index contributed by atoms with van der Waals surface area (Å²) in [6, 6.07) is 0. The Morgan fingerprint density at radius 3 is 2.77 bits per heavy atom. The minimum Gasteiger partial charge on any atom is -0.384 e. The van der Waals surface area contributed by atoms with Crippen molar-refractivity contribution >= 4 is 0 Å². The lowest BCUT2D eigenvalue weighted by Gasteiger charge is -2.31. The highest BCUT2D eigenvalue weighted by Crippen LogP contribution is 2.60. The lowest BCUT2D eigenvalue weighted by Crippen LogP contribution is -2.26. The standard InChI is InChI=1S/C12H20O/c1-13-7-9-5-8-6-12(9)11-4-2-3-10(8)11/h8-12H,2-7H2,1H3. The van der Waals surface area contributed by atoms with E-state index in [0.29, 0.717) is 0 Å². The van der Waals surface area contributed by atoms with Gasteiger partial charge in [-0.2, -0.15) is 0 Å². The third-order valence-electron chi connectivity index (χ3n) is 4.95.